The number of methoxy groups -OCH3 is 2. The van der Waals surface area contributed by atoms with Crippen molar-refractivity contribution in [3.8, 4) is 0 Å². The molecule has 0 amide bonds. The summed E-state index contributed by atoms with van der Waals surface area (Å²) in [5.74, 6) is -0.870. The lowest BCUT2D eigenvalue weighted by atomic mass is 9.91. The Morgan fingerprint density at radius 1 is 0.950 bits per heavy atom. The van der Waals surface area contributed by atoms with E-state index < -0.39 is 5.79 Å². The van der Waals surface area contributed by atoms with Crippen molar-refractivity contribution in [1.82, 2.24) is 0 Å². The quantitative estimate of drug-likeness (QED) is 0.664. The summed E-state index contributed by atoms with van der Waals surface area (Å²) in [5.41, 5.74) is 15.1. The molecule has 20 heavy (non-hydrogen) atoms. The molecule has 0 radical (unpaired) electrons. The smallest absolute Gasteiger partial charge is 0.213 e. The van der Waals surface area contributed by atoms with Crippen molar-refractivity contribution in [1.29, 1.82) is 0 Å². The lowest BCUT2D eigenvalue weighted by Gasteiger charge is -2.34. The van der Waals surface area contributed by atoms with Crippen LogP contribution in [0.5, 0.6) is 0 Å². The number of hydrogen-bond acceptors (Lipinski definition) is 4. The van der Waals surface area contributed by atoms with Crippen molar-refractivity contribution in [3.05, 3.63) is 47.7 Å². The topological polar surface area (TPSA) is 70.5 Å². The maximum atomic E-state index is 5.95. The molecule has 1 aliphatic rings. The first kappa shape index (κ1) is 18.8. The Balaban J connectivity index is 0.00000180. The van der Waals surface area contributed by atoms with Gasteiger partial charge in [-0.2, -0.15) is 0 Å². The third kappa shape index (κ3) is 3.46. The number of hydrogen-bond donors (Lipinski definition) is 2. The van der Waals surface area contributed by atoms with Crippen LogP contribution in [0.15, 0.2) is 42.1 Å². The minimum absolute atomic E-state index is 0. The Labute approximate surface area is 131 Å². The van der Waals surface area contributed by atoms with Crippen LogP contribution in [-0.2, 0) is 9.47 Å². The average Bonchev–Trinajstić information content (AvgIpc) is 2.41. The Hall–Kier alpha value is -1.20. The number of nitrogens with two attached hydrogens (primary N) is 2. The predicted octanol–water partition coefficient (Wildman–Crippen LogP) is 2.73. The van der Waals surface area contributed by atoms with Crippen molar-refractivity contribution in [3.63, 3.8) is 0 Å². The van der Waals surface area contributed by atoms with Gasteiger partial charge in [-0.3, -0.25) is 0 Å². The van der Waals surface area contributed by atoms with Gasteiger partial charge in [0.25, 0.3) is 0 Å². The van der Waals surface area contributed by atoms with Gasteiger partial charge >= 0.3 is 0 Å². The molecule has 1 aliphatic carbocycles. The van der Waals surface area contributed by atoms with Crippen molar-refractivity contribution in [2.45, 2.75) is 12.2 Å². The molecule has 0 aromatic heterocycles. The molecule has 4 N–H and O–H groups in total. The molecule has 1 aromatic rings. The largest absolute Gasteiger partial charge is 0.399 e. The molecular formula is C14H20Cl2N2O2. The third-order valence-electron chi connectivity index (χ3n) is 3.27. The van der Waals surface area contributed by atoms with Crippen LogP contribution in [0.3, 0.4) is 0 Å². The van der Waals surface area contributed by atoms with Crippen LogP contribution in [0.1, 0.15) is 12.0 Å². The van der Waals surface area contributed by atoms with E-state index in [4.69, 9.17) is 20.9 Å². The molecule has 0 saturated heterocycles. The van der Waals surface area contributed by atoms with Crippen LogP contribution < -0.4 is 11.5 Å². The monoisotopic (exact) mass is 318 g/mol. The summed E-state index contributed by atoms with van der Waals surface area (Å²) >= 11 is 0. The van der Waals surface area contributed by atoms with Crippen LogP contribution in [0.4, 0.5) is 5.69 Å². The summed E-state index contributed by atoms with van der Waals surface area (Å²) in [4.78, 5) is 0. The van der Waals surface area contributed by atoms with Gasteiger partial charge < -0.3 is 20.9 Å². The summed E-state index contributed by atoms with van der Waals surface area (Å²) in [6, 6.07) is 7.71. The highest BCUT2D eigenvalue weighted by Gasteiger charge is 2.36. The molecule has 0 fully saturated rings. The van der Waals surface area contributed by atoms with Gasteiger partial charge in [-0.05, 0) is 29.3 Å². The maximum Gasteiger partial charge on any atom is 0.213 e. The summed E-state index contributed by atoms with van der Waals surface area (Å²) in [7, 11) is 3.19. The maximum absolute atomic E-state index is 5.95. The molecule has 0 spiro atoms. The highest BCUT2D eigenvalue weighted by molar-refractivity contribution is 5.85. The van der Waals surface area contributed by atoms with Gasteiger partial charge in [0.1, 0.15) is 0 Å². The van der Waals surface area contributed by atoms with E-state index in [1.807, 2.05) is 36.4 Å². The Bertz CT molecular complexity index is 494. The molecule has 6 heteroatoms. The zero-order chi connectivity index (χ0) is 13.2. The minimum atomic E-state index is -0.870. The van der Waals surface area contributed by atoms with E-state index in [-0.39, 0.29) is 24.8 Å². The van der Waals surface area contributed by atoms with E-state index in [1.54, 1.807) is 14.2 Å². The number of anilines is 1. The van der Waals surface area contributed by atoms with Gasteiger partial charge in [-0.15, -0.1) is 24.8 Å². The van der Waals surface area contributed by atoms with Gasteiger partial charge in [0.05, 0.1) is 5.70 Å². The Morgan fingerprint density at radius 2 is 1.50 bits per heavy atom. The lowest BCUT2D eigenvalue weighted by molar-refractivity contribution is -0.175. The van der Waals surface area contributed by atoms with Gasteiger partial charge in [0.15, 0.2) is 0 Å². The van der Waals surface area contributed by atoms with Crippen LogP contribution in [0.25, 0.3) is 5.57 Å². The predicted molar refractivity (Wildman–Crippen MR) is 87.0 cm³/mol. The second kappa shape index (κ2) is 7.55. The van der Waals surface area contributed by atoms with Gasteiger partial charge in [-0.1, -0.05) is 18.2 Å². The summed E-state index contributed by atoms with van der Waals surface area (Å²) in [6.07, 6.45) is 4.38. The van der Waals surface area contributed by atoms with Crippen LogP contribution in [0, 0.1) is 0 Å². The molecule has 0 aliphatic heterocycles. The SMILES string of the molecule is COC1(OC)CC(c2ccc(N)cc2)=CC=C1N.Cl.Cl. The minimum Gasteiger partial charge on any atom is -0.399 e. The first-order valence-corrected chi connectivity index (χ1v) is 5.74. The molecule has 4 nitrogen and oxygen atoms in total. The number of benzene rings is 1. The van der Waals surface area contributed by atoms with Crippen molar-refractivity contribution in [2.75, 3.05) is 20.0 Å². The molecule has 112 valence electrons. The fraction of sp³-hybridized carbons (Fsp3) is 0.286. The lowest BCUT2D eigenvalue weighted by Crippen LogP contribution is -2.41. The molecule has 0 atom stereocenters. The zero-order valence-corrected chi connectivity index (χ0v) is 13.1. The number of rotatable bonds is 3. The van der Waals surface area contributed by atoms with E-state index in [0.717, 1.165) is 16.8 Å². The third-order valence-corrected chi connectivity index (χ3v) is 3.27. The van der Waals surface area contributed by atoms with Gasteiger partial charge in [0, 0.05) is 26.3 Å². The molecule has 0 bridgehead atoms. The van der Waals surface area contributed by atoms with Crippen molar-refractivity contribution in [2.24, 2.45) is 5.73 Å². The molecule has 0 heterocycles. The number of halogens is 2. The Kier molecular flexibility index (Phi) is 7.09. The molecule has 1 aromatic carbocycles. The van der Waals surface area contributed by atoms with Crippen molar-refractivity contribution >= 4 is 36.1 Å². The van der Waals surface area contributed by atoms with Crippen LogP contribution in [0.2, 0.25) is 0 Å². The van der Waals surface area contributed by atoms with Gasteiger partial charge in [-0.25, -0.2) is 0 Å². The fourth-order valence-electron chi connectivity index (χ4n) is 2.09. The van der Waals surface area contributed by atoms with E-state index in [1.165, 1.54) is 0 Å². The van der Waals surface area contributed by atoms with Crippen LogP contribution >= 0.6 is 24.8 Å². The van der Waals surface area contributed by atoms with E-state index >= 15 is 0 Å². The van der Waals surface area contributed by atoms with Crippen LogP contribution in [-0.4, -0.2) is 20.0 Å². The number of allylic oxidation sites excluding steroid dienone is 2. The second-order valence-corrected chi connectivity index (χ2v) is 4.27. The Morgan fingerprint density at radius 3 is 2.00 bits per heavy atom. The molecule has 0 saturated carbocycles. The standard InChI is InChI=1S/C14H18N2O2.2ClH/c1-17-14(18-2)9-11(5-8-13(14)16)10-3-6-12(15)7-4-10;;/h3-8H,9,15-16H2,1-2H3;2*1H. The fourth-order valence-corrected chi connectivity index (χ4v) is 2.09. The van der Waals surface area contributed by atoms with E-state index in [0.29, 0.717) is 12.1 Å². The van der Waals surface area contributed by atoms with E-state index in [9.17, 15) is 0 Å². The van der Waals surface area contributed by atoms with Gasteiger partial charge in [0.2, 0.25) is 5.79 Å². The first-order chi connectivity index (χ1) is 8.61. The summed E-state index contributed by atoms with van der Waals surface area (Å²) in [6.45, 7) is 0. The second-order valence-electron chi connectivity index (χ2n) is 4.27. The highest BCUT2D eigenvalue weighted by Crippen LogP contribution is 2.35. The summed E-state index contributed by atoms with van der Waals surface area (Å²) < 4.78 is 10.9. The number of nitrogen functional groups attached to an aromatic ring is 1. The average molecular weight is 319 g/mol. The zero-order valence-electron chi connectivity index (χ0n) is 11.5. The molecular weight excluding hydrogens is 299 g/mol. The normalized spacial score (nSPS) is 16.3. The number of ether oxygens (including phenoxy) is 2. The molecule has 0 unspecified atom stereocenters. The van der Waals surface area contributed by atoms with E-state index in [2.05, 4.69) is 0 Å². The first-order valence-electron chi connectivity index (χ1n) is 5.74. The van der Waals surface area contributed by atoms with Crippen molar-refractivity contribution < 1.29 is 9.47 Å². The molecule has 2 rings (SSSR count). The highest BCUT2D eigenvalue weighted by atomic mass is 35.5. The summed E-state index contributed by atoms with van der Waals surface area (Å²) in [5, 5.41) is 0.